The second kappa shape index (κ2) is 7.71. The van der Waals surface area contributed by atoms with Crippen LogP contribution in [0.4, 0.5) is 0 Å². The molecule has 0 unspecified atom stereocenters. The van der Waals surface area contributed by atoms with Crippen LogP contribution in [0.25, 0.3) is 12.2 Å². The third-order valence-electron chi connectivity index (χ3n) is 3.07. The first kappa shape index (κ1) is 16.2. The van der Waals surface area contributed by atoms with Crippen molar-refractivity contribution in [1.29, 1.82) is 0 Å². The van der Waals surface area contributed by atoms with Crippen LogP contribution in [0.15, 0.2) is 47.4 Å². The van der Waals surface area contributed by atoms with Crippen molar-refractivity contribution in [2.45, 2.75) is 11.8 Å². The van der Waals surface area contributed by atoms with Gasteiger partial charge in [0.15, 0.2) is 0 Å². The zero-order chi connectivity index (χ0) is 15.9. The molecule has 0 saturated carbocycles. The van der Waals surface area contributed by atoms with Gasteiger partial charge >= 0.3 is 5.97 Å². The molecule has 4 heteroatoms. The number of esters is 1. The number of hydrogen-bond acceptors (Lipinski definition) is 4. The molecule has 0 fully saturated rings. The Hall–Kier alpha value is -2.20. The maximum absolute atomic E-state index is 11.9. The average molecular weight is 314 g/mol. The van der Waals surface area contributed by atoms with Crippen molar-refractivity contribution in [3.63, 3.8) is 0 Å². The van der Waals surface area contributed by atoms with E-state index in [2.05, 4.69) is 0 Å². The SMILES string of the molecule is CCOC(=O)c1c(O)cc(/C=C/c2ccccc2)cc1SC. The molecular formula is C18H18O3S. The molecule has 3 nitrogen and oxygen atoms in total. The molecule has 114 valence electrons. The van der Waals surface area contributed by atoms with Crippen LogP contribution < -0.4 is 0 Å². The summed E-state index contributed by atoms with van der Waals surface area (Å²) in [6.45, 7) is 2.02. The molecule has 0 amide bonds. The predicted molar refractivity (Wildman–Crippen MR) is 91.2 cm³/mol. The molecule has 0 aliphatic rings. The predicted octanol–water partition coefficient (Wildman–Crippen LogP) is 4.46. The molecule has 0 spiro atoms. The van der Waals surface area contributed by atoms with E-state index < -0.39 is 5.97 Å². The number of ether oxygens (including phenoxy) is 1. The lowest BCUT2D eigenvalue weighted by Gasteiger charge is -2.10. The Labute approximate surface area is 134 Å². The molecule has 0 aliphatic carbocycles. The van der Waals surface area contributed by atoms with E-state index in [0.717, 1.165) is 11.1 Å². The molecule has 0 radical (unpaired) electrons. The molecule has 0 aliphatic heterocycles. The summed E-state index contributed by atoms with van der Waals surface area (Å²) in [5, 5.41) is 10.1. The summed E-state index contributed by atoms with van der Waals surface area (Å²) < 4.78 is 4.99. The standard InChI is InChI=1S/C18H18O3S/c1-3-21-18(20)17-15(19)11-14(12-16(17)22-2)10-9-13-7-5-4-6-8-13/h4-12,19H,3H2,1-2H3/b10-9+. The van der Waals surface area contributed by atoms with E-state index in [-0.39, 0.29) is 17.9 Å². The summed E-state index contributed by atoms with van der Waals surface area (Å²) in [7, 11) is 0. The molecule has 0 heterocycles. The third kappa shape index (κ3) is 3.92. The summed E-state index contributed by atoms with van der Waals surface area (Å²) in [5.74, 6) is -0.555. The van der Waals surface area contributed by atoms with Gasteiger partial charge in [-0.25, -0.2) is 4.79 Å². The Morgan fingerprint density at radius 1 is 1.18 bits per heavy atom. The van der Waals surface area contributed by atoms with Gasteiger partial charge in [0.2, 0.25) is 0 Å². The van der Waals surface area contributed by atoms with Crippen LogP contribution in [0.3, 0.4) is 0 Å². The van der Waals surface area contributed by atoms with Gasteiger partial charge in [-0.15, -0.1) is 11.8 Å². The number of phenolic OH excluding ortho intramolecular Hbond substituents is 1. The van der Waals surface area contributed by atoms with Crippen molar-refractivity contribution < 1.29 is 14.6 Å². The van der Waals surface area contributed by atoms with Gasteiger partial charge in [-0.1, -0.05) is 42.5 Å². The minimum Gasteiger partial charge on any atom is -0.507 e. The molecule has 0 aromatic heterocycles. The molecule has 0 saturated heterocycles. The van der Waals surface area contributed by atoms with E-state index in [4.69, 9.17) is 4.74 Å². The van der Waals surface area contributed by atoms with E-state index in [0.29, 0.717) is 4.90 Å². The first-order valence-corrected chi connectivity index (χ1v) is 8.19. The molecule has 2 rings (SSSR count). The van der Waals surface area contributed by atoms with Crippen LogP contribution in [0, 0.1) is 0 Å². The minimum absolute atomic E-state index is 0.0574. The van der Waals surface area contributed by atoms with E-state index in [1.165, 1.54) is 11.8 Å². The number of carbonyl (C=O) groups excluding carboxylic acids is 1. The second-order valence-corrected chi connectivity index (χ2v) is 5.43. The normalized spacial score (nSPS) is 10.8. The van der Waals surface area contributed by atoms with Gasteiger partial charge in [0.05, 0.1) is 6.61 Å². The lowest BCUT2D eigenvalue weighted by Crippen LogP contribution is -2.06. The maximum Gasteiger partial charge on any atom is 0.343 e. The van der Waals surface area contributed by atoms with E-state index in [1.807, 2.05) is 54.8 Å². The number of hydrogen-bond donors (Lipinski definition) is 1. The zero-order valence-corrected chi connectivity index (χ0v) is 13.4. The highest BCUT2D eigenvalue weighted by atomic mass is 32.2. The van der Waals surface area contributed by atoms with Gasteiger partial charge in [-0.2, -0.15) is 0 Å². The van der Waals surface area contributed by atoms with E-state index in [9.17, 15) is 9.90 Å². The number of phenols is 1. The molecule has 1 N–H and O–H groups in total. The van der Waals surface area contributed by atoms with E-state index >= 15 is 0 Å². The van der Waals surface area contributed by atoms with Gasteiger partial charge in [0, 0.05) is 4.90 Å². The fourth-order valence-corrected chi connectivity index (χ4v) is 2.69. The fraction of sp³-hybridized carbons (Fsp3) is 0.167. The highest BCUT2D eigenvalue weighted by Crippen LogP contribution is 2.31. The lowest BCUT2D eigenvalue weighted by molar-refractivity contribution is 0.0519. The minimum atomic E-state index is -0.497. The van der Waals surface area contributed by atoms with Gasteiger partial charge in [-0.3, -0.25) is 0 Å². The molecule has 2 aromatic rings. The Morgan fingerprint density at radius 3 is 2.50 bits per heavy atom. The Bertz CT molecular complexity index is 678. The van der Waals surface area contributed by atoms with Crippen molar-refractivity contribution in [2.24, 2.45) is 0 Å². The van der Waals surface area contributed by atoms with Gasteiger partial charge < -0.3 is 9.84 Å². The average Bonchev–Trinajstić information content (AvgIpc) is 2.53. The van der Waals surface area contributed by atoms with Crippen LogP contribution in [0.1, 0.15) is 28.4 Å². The Balaban J connectivity index is 2.33. The zero-order valence-electron chi connectivity index (χ0n) is 12.6. The summed E-state index contributed by atoms with van der Waals surface area (Å²) in [5.41, 5.74) is 2.13. The first-order chi connectivity index (χ1) is 10.7. The molecule has 2 aromatic carbocycles. The number of aromatic hydroxyl groups is 1. The number of carbonyl (C=O) groups is 1. The fourth-order valence-electron chi connectivity index (χ4n) is 2.04. The van der Waals surface area contributed by atoms with E-state index in [1.54, 1.807) is 13.0 Å². The highest BCUT2D eigenvalue weighted by molar-refractivity contribution is 7.98. The number of thioether (sulfide) groups is 1. The third-order valence-corrected chi connectivity index (χ3v) is 3.83. The largest absolute Gasteiger partial charge is 0.507 e. The van der Waals surface area contributed by atoms with Crippen molar-refractivity contribution in [3.05, 3.63) is 59.2 Å². The molecule has 0 bridgehead atoms. The highest BCUT2D eigenvalue weighted by Gasteiger charge is 2.18. The van der Waals surface area contributed by atoms with Crippen LogP contribution >= 0.6 is 11.8 Å². The number of benzene rings is 2. The van der Waals surface area contributed by atoms with Gasteiger partial charge in [0.1, 0.15) is 11.3 Å². The van der Waals surface area contributed by atoms with Crippen LogP contribution in [-0.2, 0) is 4.74 Å². The molecule has 0 atom stereocenters. The smallest absolute Gasteiger partial charge is 0.343 e. The van der Waals surface area contributed by atoms with Crippen molar-refractivity contribution in [3.8, 4) is 5.75 Å². The monoisotopic (exact) mass is 314 g/mol. The second-order valence-electron chi connectivity index (χ2n) is 4.58. The Kier molecular flexibility index (Phi) is 5.67. The van der Waals surface area contributed by atoms with Gasteiger partial charge in [0.25, 0.3) is 0 Å². The summed E-state index contributed by atoms with van der Waals surface area (Å²) in [6.07, 6.45) is 5.73. The summed E-state index contributed by atoms with van der Waals surface area (Å²) in [4.78, 5) is 12.6. The molecule has 22 heavy (non-hydrogen) atoms. The summed E-state index contributed by atoms with van der Waals surface area (Å²) in [6, 6.07) is 13.3. The maximum atomic E-state index is 11.9. The molecular weight excluding hydrogens is 296 g/mol. The van der Waals surface area contributed by atoms with Crippen molar-refractivity contribution >= 4 is 29.9 Å². The quantitative estimate of drug-likeness (QED) is 0.503. The lowest BCUT2D eigenvalue weighted by atomic mass is 10.1. The van der Waals surface area contributed by atoms with Crippen LogP contribution in [-0.4, -0.2) is 23.9 Å². The van der Waals surface area contributed by atoms with Crippen molar-refractivity contribution in [1.82, 2.24) is 0 Å². The topological polar surface area (TPSA) is 46.5 Å². The number of rotatable bonds is 5. The van der Waals surface area contributed by atoms with Gasteiger partial charge in [-0.05, 0) is 36.4 Å². The Morgan fingerprint density at radius 2 is 1.86 bits per heavy atom. The van der Waals surface area contributed by atoms with Crippen molar-refractivity contribution in [2.75, 3.05) is 12.9 Å². The van der Waals surface area contributed by atoms with Crippen LogP contribution in [0.2, 0.25) is 0 Å². The summed E-state index contributed by atoms with van der Waals surface area (Å²) >= 11 is 1.40. The van der Waals surface area contributed by atoms with Crippen LogP contribution in [0.5, 0.6) is 5.75 Å². The first-order valence-electron chi connectivity index (χ1n) is 6.97.